The zero-order valence-corrected chi connectivity index (χ0v) is 13.3. The molecular formula is C12H19Cl2N3OS. The molecule has 0 aromatic carbocycles. The SMILES string of the molecule is CNCC(=O)N1CCN(Cc2ccc(Cl)s2)CC1.Cl. The van der Waals surface area contributed by atoms with Gasteiger partial charge in [-0.3, -0.25) is 9.69 Å². The van der Waals surface area contributed by atoms with Gasteiger partial charge in [-0.15, -0.1) is 23.7 Å². The summed E-state index contributed by atoms with van der Waals surface area (Å²) in [5, 5.41) is 2.90. The Kier molecular flexibility index (Phi) is 7.10. The Labute approximate surface area is 129 Å². The Hall–Kier alpha value is -0.330. The van der Waals surface area contributed by atoms with Gasteiger partial charge in [0.2, 0.25) is 5.91 Å². The first-order valence-corrected chi connectivity index (χ1v) is 7.27. The minimum absolute atomic E-state index is 0. The number of piperazine rings is 1. The van der Waals surface area contributed by atoms with Crippen molar-refractivity contribution >= 4 is 41.3 Å². The quantitative estimate of drug-likeness (QED) is 0.915. The van der Waals surface area contributed by atoms with Gasteiger partial charge in [0.05, 0.1) is 10.9 Å². The van der Waals surface area contributed by atoms with Crippen LogP contribution in [-0.2, 0) is 11.3 Å². The first kappa shape index (κ1) is 16.7. The highest BCUT2D eigenvalue weighted by molar-refractivity contribution is 7.16. The van der Waals surface area contributed by atoms with Crippen LogP contribution < -0.4 is 5.32 Å². The molecule has 1 N–H and O–H groups in total. The molecule has 0 spiro atoms. The molecular weight excluding hydrogens is 305 g/mol. The molecule has 1 amide bonds. The average molecular weight is 324 g/mol. The minimum Gasteiger partial charge on any atom is -0.339 e. The molecule has 2 heterocycles. The van der Waals surface area contributed by atoms with Gasteiger partial charge in [-0.1, -0.05) is 11.6 Å². The average Bonchev–Trinajstić information content (AvgIpc) is 2.76. The molecule has 2 rings (SSSR count). The first-order valence-electron chi connectivity index (χ1n) is 6.08. The summed E-state index contributed by atoms with van der Waals surface area (Å²) >= 11 is 7.55. The van der Waals surface area contributed by atoms with E-state index in [0.29, 0.717) is 6.54 Å². The molecule has 0 atom stereocenters. The molecule has 0 saturated carbocycles. The summed E-state index contributed by atoms with van der Waals surface area (Å²) in [5.41, 5.74) is 0. The van der Waals surface area contributed by atoms with Crippen LogP contribution in [0.5, 0.6) is 0 Å². The van der Waals surface area contributed by atoms with E-state index in [9.17, 15) is 4.79 Å². The normalized spacial score (nSPS) is 16.2. The van der Waals surface area contributed by atoms with Crippen molar-refractivity contribution in [1.29, 1.82) is 0 Å². The third-order valence-corrected chi connectivity index (χ3v) is 4.28. The van der Waals surface area contributed by atoms with Gasteiger partial charge >= 0.3 is 0 Å². The third-order valence-electron chi connectivity index (χ3n) is 3.06. The molecule has 1 fully saturated rings. The maximum atomic E-state index is 11.7. The molecule has 7 heteroatoms. The largest absolute Gasteiger partial charge is 0.339 e. The van der Waals surface area contributed by atoms with Gasteiger partial charge in [-0.2, -0.15) is 0 Å². The lowest BCUT2D eigenvalue weighted by Crippen LogP contribution is -2.50. The van der Waals surface area contributed by atoms with Crippen molar-refractivity contribution in [2.45, 2.75) is 6.54 Å². The van der Waals surface area contributed by atoms with Gasteiger partial charge in [0, 0.05) is 37.6 Å². The van der Waals surface area contributed by atoms with E-state index in [1.807, 2.05) is 11.0 Å². The van der Waals surface area contributed by atoms with Crippen molar-refractivity contribution in [3.05, 3.63) is 21.3 Å². The predicted octanol–water partition coefficient (Wildman–Crippen LogP) is 1.69. The van der Waals surface area contributed by atoms with Crippen LogP contribution in [0.1, 0.15) is 4.88 Å². The molecule has 1 aromatic rings. The summed E-state index contributed by atoms with van der Waals surface area (Å²) in [5.74, 6) is 0.191. The minimum atomic E-state index is 0. The Balaban J connectivity index is 0.00000180. The lowest BCUT2D eigenvalue weighted by molar-refractivity contribution is -0.131. The summed E-state index contributed by atoms with van der Waals surface area (Å²) in [6, 6.07) is 4.01. The van der Waals surface area contributed by atoms with Crippen LogP contribution in [0.2, 0.25) is 4.34 Å². The summed E-state index contributed by atoms with van der Waals surface area (Å²) in [4.78, 5) is 17.3. The van der Waals surface area contributed by atoms with Crippen LogP contribution in [0.4, 0.5) is 0 Å². The maximum Gasteiger partial charge on any atom is 0.236 e. The number of carbonyl (C=O) groups is 1. The van der Waals surface area contributed by atoms with E-state index in [1.54, 1.807) is 18.4 Å². The second kappa shape index (κ2) is 8.07. The van der Waals surface area contributed by atoms with Crippen molar-refractivity contribution in [2.75, 3.05) is 39.8 Å². The van der Waals surface area contributed by atoms with Crippen molar-refractivity contribution in [2.24, 2.45) is 0 Å². The fourth-order valence-corrected chi connectivity index (χ4v) is 3.21. The van der Waals surface area contributed by atoms with Crippen LogP contribution in [0.25, 0.3) is 0 Å². The van der Waals surface area contributed by atoms with Gasteiger partial charge in [0.25, 0.3) is 0 Å². The summed E-state index contributed by atoms with van der Waals surface area (Å²) < 4.78 is 0.841. The molecule has 1 saturated heterocycles. The van der Waals surface area contributed by atoms with E-state index in [2.05, 4.69) is 16.3 Å². The van der Waals surface area contributed by atoms with Crippen LogP contribution in [0, 0.1) is 0 Å². The van der Waals surface area contributed by atoms with Crippen LogP contribution >= 0.6 is 35.3 Å². The molecule has 19 heavy (non-hydrogen) atoms. The molecule has 108 valence electrons. The number of hydrogen-bond acceptors (Lipinski definition) is 4. The zero-order valence-electron chi connectivity index (χ0n) is 10.9. The monoisotopic (exact) mass is 323 g/mol. The van der Waals surface area contributed by atoms with Gasteiger partial charge in [0.15, 0.2) is 0 Å². The number of nitrogens with zero attached hydrogens (tertiary/aromatic N) is 2. The van der Waals surface area contributed by atoms with Crippen LogP contribution in [0.15, 0.2) is 12.1 Å². The molecule has 0 bridgehead atoms. The number of rotatable bonds is 4. The summed E-state index contributed by atoms with van der Waals surface area (Å²) in [7, 11) is 1.80. The van der Waals surface area contributed by atoms with Crippen LogP contribution in [-0.4, -0.2) is 55.5 Å². The standard InChI is InChI=1S/C12H18ClN3OS.ClH/c1-14-8-12(17)16-6-4-15(5-7-16)9-10-2-3-11(13)18-10;/h2-3,14H,4-9H2,1H3;1H. The van der Waals surface area contributed by atoms with Crippen molar-refractivity contribution in [1.82, 2.24) is 15.1 Å². The highest BCUT2D eigenvalue weighted by Gasteiger charge is 2.20. The first-order chi connectivity index (χ1) is 8.69. The number of amides is 1. The van der Waals surface area contributed by atoms with E-state index >= 15 is 0 Å². The number of nitrogens with one attached hydrogen (secondary N) is 1. The van der Waals surface area contributed by atoms with Crippen molar-refractivity contribution in [3.63, 3.8) is 0 Å². The molecule has 0 unspecified atom stereocenters. The fraction of sp³-hybridized carbons (Fsp3) is 0.583. The molecule has 0 aliphatic carbocycles. The molecule has 1 aromatic heterocycles. The van der Waals surface area contributed by atoms with E-state index in [0.717, 1.165) is 37.1 Å². The summed E-state index contributed by atoms with van der Waals surface area (Å²) in [6.07, 6.45) is 0. The second-order valence-corrected chi connectivity index (χ2v) is 6.19. The fourth-order valence-electron chi connectivity index (χ4n) is 2.08. The maximum absolute atomic E-state index is 11.7. The lowest BCUT2D eigenvalue weighted by Gasteiger charge is -2.34. The molecule has 1 aliphatic heterocycles. The van der Waals surface area contributed by atoms with Gasteiger partial charge in [-0.25, -0.2) is 0 Å². The Bertz CT molecular complexity index is 405. The Morgan fingerprint density at radius 3 is 2.58 bits per heavy atom. The highest BCUT2D eigenvalue weighted by atomic mass is 35.5. The van der Waals surface area contributed by atoms with Crippen molar-refractivity contribution in [3.8, 4) is 0 Å². The van der Waals surface area contributed by atoms with Crippen molar-refractivity contribution < 1.29 is 4.79 Å². The zero-order chi connectivity index (χ0) is 13.0. The van der Waals surface area contributed by atoms with E-state index < -0.39 is 0 Å². The Morgan fingerprint density at radius 2 is 2.05 bits per heavy atom. The highest BCUT2D eigenvalue weighted by Crippen LogP contribution is 2.23. The third kappa shape index (κ3) is 4.93. The van der Waals surface area contributed by atoms with E-state index in [4.69, 9.17) is 11.6 Å². The van der Waals surface area contributed by atoms with E-state index in [1.165, 1.54) is 4.88 Å². The van der Waals surface area contributed by atoms with Gasteiger partial charge in [-0.05, 0) is 19.2 Å². The van der Waals surface area contributed by atoms with Crippen LogP contribution in [0.3, 0.4) is 0 Å². The number of halogens is 2. The predicted molar refractivity (Wildman–Crippen MR) is 82.4 cm³/mol. The number of carbonyl (C=O) groups excluding carboxylic acids is 1. The molecule has 4 nitrogen and oxygen atoms in total. The smallest absolute Gasteiger partial charge is 0.236 e. The Morgan fingerprint density at radius 1 is 1.37 bits per heavy atom. The second-order valence-electron chi connectivity index (χ2n) is 4.39. The van der Waals surface area contributed by atoms with Gasteiger partial charge in [0.1, 0.15) is 0 Å². The topological polar surface area (TPSA) is 35.6 Å². The molecule has 0 radical (unpaired) electrons. The molecule has 1 aliphatic rings. The number of hydrogen-bond donors (Lipinski definition) is 1. The van der Waals surface area contributed by atoms with E-state index in [-0.39, 0.29) is 18.3 Å². The van der Waals surface area contributed by atoms with Gasteiger partial charge < -0.3 is 10.2 Å². The number of thiophene rings is 1. The summed E-state index contributed by atoms with van der Waals surface area (Å²) in [6.45, 7) is 4.88. The number of likely N-dealkylation sites (N-methyl/N-ethyl adjacent to an activating group) is 1. The lowest BCUT2D eigenvalue weighted by atomic mass is 10.3.